The number of hydrogen-bond acceptors (Lipinski definition) is 4. The van der Waals surface area contributed by atoms with E-state index in [2.05, 4.69) is 25.9 Å². The van der Waals surface area contributed by atoms with Crippen LogP contribution < -0.4 is 4.74 Å². The van der Waals surface area contributed by atoms with Gasteiger partial charge in [0.15, 0.2) is 17.3 Å². The van der Waals surface area contributed by atoms with Crippen LogP contribution in [0.1, 0.15) is 17.4 Å². The van der Waals surface area contributed by atoms with Crippen molar-refractivity contribution >= 4 is 21.9 Å². The van der Waals surface area contributed by atoms with Crippen molar-refractivity contribution in [2.45, 2.75) is 6.92 Å². The first-order valence-electron chi connectivity index (χ1n) is 8.01. The van der Waals surface area contributed by atoms with Crippen molar-refractivity contribution in [2.75, 3.05) is 13.7 Å². The monoisotopic (exact) mass is 436 g/mol. The molecule has 1 aromatic heterocycles. The number of benzene rings is 2. The van der Waals surface area contributed by atoms with Gasteiger partial charge in [0.25, 0.3) is 0 Å². The van der Waals surface area contributed by atoms with Crippen molar-refractivity contribution in [1.29, 1.82) is 0 Å². The van der Waals surface area contributed by atoms with E-state index in [4.69, 9.17) is 9.47 Å². The van der Waals surface area contributed by atoms with Gasteiger partial charge < -0.3 is 14.5 Å². The Morgan fingerprint density at radius 2 is 1.85 bits per heavy atom. The molecule has 2 aromatic carbocycles. The normalized spacial score (nSPS) is 10.7. The van der Waals surface area contributed by atoms with Crippen molar-refractivity contribution in [1.82, 2.24) is 9.97 Å². The fourth-order valence-electron chi connectivity index (χ4n) is 2.53. The molecule has 140 valence electrons. The van der Waals surface area contributed by atoms with Crippen LogP contribution in [0.15, 0.2) is 40.9 Å². The van der Waals surface area contributed by atoms with Crippen LogP contribution in [-0.2, 0) is 4.74 Å². The van der Waals surface area contributed by atoms with Gasteiger partial charge in [0, 0.05) is 11.1 Å². The van der Waals surface area contributed by atoms with Crippen molar-refractivity contribution in [3.8, 4) is 28.4 Å². The minimum absolute atomic E-state index is 0.0553. The summed E-state index contributed by atoms with van der Waals surface area (Å²) in [5.74, 6) is -1.37. The van der Waals surface area contributed by atoms with E-state index in [1.54, 1.807) is 19.1 Å². The van der Waals surface area contributed by atoms with E-state index in [-0.39, 0.29) is 29.6 Å². The van der Waals surface area contributed by atoms with Crippen molar-refractivity contribution < 1.29 is 23.0 Å². The largest absolute Gasteiger partial charge is 0.494 e. The zero-order valence-corrected chi connectivity index (χ0v) is 16.1. The second-order valence-electron chi connectivity index (χ2n) is 5.51. The lowest BCUT2D eigenvalue weighted by molar-refractivity contribution is 0.0521. The first-order chi connectivity index (χ1) is 12.9. The lowest BCUT2D eigenvalue weighted by Crippen LogP contribution is -2.06. The number of carbonyl (C=O) groups excluding carboxylic acids is 1. The third-order valence-electron chi connectivity index (χ3n) is 3.80. The Morgan fingerprint density at radius 1 is 1.15 bits per heavy atom. The molecule has 3 rings (SSSR count). The minimum Gasteiger partial charge on any atom is -0.494 e. The van der Waals surface area contributed by atoms with Gasteiger partial charge in [-0.2, -0.15) is 0 Å². The van der Waals surface area contributed by atoms with Crippen molar-refractivity contribution in [3.05, 3.63) is 58.2 Å². The highest BCUT2D eigenvalue weighted by Crippen LogP contribution is 2.30. The molecule has 0 spiro atoms. The number of esters is 1. The Kier molecular flexibility index (Phi) is 5.55. The first-order valence-corrected chi connectivity index (χ1v) is 8.80. The summed E-state index contributed by atoms with van der Waals surface area (Å²) in [7, 11) is 1.36. The highest BCUT2D eigenvalue weighted by molar-refractivity contribution is 9.10. The van der Waals surface area contributed by atoms with E-state index in [1.165, 1.54) is 31.4 Å². The molecular formula is C19H15BrF2N2O3. The van der Waals surface area contributed by atoms with Crippen LogP contribution in [0.5, 0.6) is 5.75 Å². The summed E-state index contributed by atoms with van der Waals surface area (Å²) < 4.78 is 38.2. The second-order valence-corrected chi connectivity index (χ2v) is 6.36. The van der Waals surface area contributed by atoms with Gasteiger partial charge in [-0.05, 0) is 59.3 Å². The molecule has 27 heavy (non-hydrogen) atoms. The predicted molar refractivity (Wildman–Crippen MR) is 99.6 cm³/mol. The van der Waals surface area contributed by atoms with Crippen LogP contribution in [0.4, 0.5) is 8.78 Å². The number of imidazole rings is 1. The summed E-state index contributed by atoms with van der Waals surface area (Å²) in [6.07, 6.45) is 0. The van der Waals surface area contributed by atoms with Gasteiger partial charge in [-0.15, -0.1) is 0 Å². The standard InChI is InChI=1S/C19H15BrF2N2O3/c1-3-27-19(25)17-16(10-5-7-15(26-2)14(22)8-10)23-18(24-17)11-4-6-12(20)13(21)9-11/h4-9H,3H2,1-2H3,(H,23,24). The van der Waals surface area contributed by atoms with Gasteiger partial charge >= 0.3 is 5.97 Å². The Labute approximate surface area is 162 Å². The predicted octanol–water partition coefficient (Wildman–Crippen LogP) is 4.97. The molecule has 0 amide bonds. The second kappa shape index (κ2) is 7.87. The molecule has 0 atom stereocenters. The van der Waals surface area contributed by atoms with E-state index < -0.39 is 17.6 Å². The third-order valence-corrected chi connectivity index (χ3v) is 4.44. The summed E-state index contributed by atoms with van der Waals surface area (Å²) in [5, 5.41) is 0. The zero-order chi connectivity index (χ0) is 19.6. The molecular weight excluding hydrogens is 422 g/mol. The molecule has 0 aliphatic carbocycles. The van der Waals surface area contributed by atoms with E-state index in [0.29, 0.717) is 15.6 Å². The number of halogens is 3. The highest BCUT2D eigenvalue weighted by Gasteiger charge is 2.22. The molecule has 1 heterocycles. The Morgan fingerprint density at radius 3 is 2.48 bits per heavy atom. The van der Waals surface area contributed by atoms with Crippen LogP contribution >= 0.6 is 15.9 Å². The van der Waals surface area contributed by atoms with Gasteiger partial charge in [0.2, 0.25) is 0 Å². The van der Waals surface area contributed by atoms with Crippen molar-refractivity contribution in [3.63, 3.8) is 0 Å². The number of aromatic amines is 1. The number of nitrogens with one attached hydrogen (secondary N) is 1. The number of ether oxygens (including phenoxy) is 2. The number of H-pyrrole nitrogens is 1. The number of methoxy groups -OCH3 is 1. The van der Waals surface area contributed by atoms with Crippen LogP contribution in [0.3, 0.4) is 0 Å². The van der Waals surface area contributed by atoms with Crippen LogP contribution in [-0.4, -0.2) is 29.7 Å². The molecule has 0 aliphatic rings. The Balaban J connectivity index is 2.13. The van der Waals surface area contributed by atoms with Gasteiger partial charge in [0.1, 0.15) is 17.3 Å². The smallest absolute Gasteiger partial charge is 0.357 e. The number of rotatable bonds is 5. The molecule has 0 bridgehead atoms. The highest BCUT2D eigenvalue weighted by atomic mass is 79.9. The van der Waals surface area contributed by atoms with Crippen LogP contribution in [0.2, 0.25) is 0 Å². The average molecular weight is 437 g/mol. The quantitative estimate of drug-likeness (QED) is 0.573. The molecule has 0 unspecified atom stereocenters. The minimum atomic E-state index is -0.639. The number of nitrogens with zero attached hydrogens (tertiary/aromatic N) is 1. The maximum absolute atomic E-state index is 14.1. The first kappa shape index (κ1) is 19.0. The third kappa shape index (κ3) is 3.85. The van der Waals surface area contributed by atoms with Gasteiger partial charge in [0.05, 0.1) is 18.2 Å². The molecule has 0 fully saturated rings. The SMILES string of the molecule is CCOC(=O)c1[nH]c(-c2ccc(Br)c(F)c2)nc1-c1ccc(OC)c(F)c1. The summed E-state index contributed by atoms with van der Waals surface area (Å²) in [6.45, 7) is 1.84. The lowest BCUT2D eigenvalue weighted by atomic mass is 10.1. The summed E-state index contributed by atoms with van der Waals surface area (Å²) in [5.41, 5.74) is 1.05. The zero-order valence-electron chi connectivity index (χ0n) is 14.5. The molecule has 0 radical (unpaired) electrons. The van der Waals surface area contributed by atoms with E-state index >= 15 is 0 Å². The van der Waals surface area contributed by atoms with Crippen molar-refractivity contribution in [2.24, 2.45) is 0 Å². The lowest BCUT2D eigenvalue weighted by Gasteiger charge is -2.05. The van der Waals surface area contributed by atoms with Gasteiger partial charge in [-0.25, -0.2) is 18.6 Å². The maximum Gasteiger partial charge on any atom is 0.357 e. The molecule has 3 aromatic rings. The molecule has 0 saturated heterocycles. The summed E-state index contributed by atoms with van der Waals surface area (Å²) in [4.78, 5) is 19.5. The fraction of sp³-hybridized carbons (Fsp3) is 0.158. The van der Waals surface area contributed by atoms with Gasteiger partial charge in [-0.1, -0.05) is 0 Å². The number of carbonyl (C=O) groups is 1. The van der Waals surface area contributed by atoms with E-state index in [1.807, 2.05) is 0 Å². The van der Waals surface area contributed by atoms with Crippen LogP contribution in [0.25, 0.3) is 22.6 Å². The van der Waals surface area contributed by atoms with E-state index in [9.17, 15) is 13.6 Å². The van der Waals surface area contributed by atoms with Crippen LogP contribution in [0, 0.1) is 11.6 Å². The molecule has 8 heteroatoms. The fourth-order valence-corrected chi connectivity index (χ4v) is 2.77. The summed E-state index contributed by atoms with van der Waals surface area (Å²) in [6, 6.07) is 8.67. The Hall–Kier alpha value is -2.74. The van der Waals surface area contributed by atoms with Gasteiger partial charge in [-0.3, -0.25) is 0 Å². The molecule has 0 aliphatic heterocycles. The Bertz CT molecular complexity index is 1000. The maximum atomic E-state index is 14.1. The number of hydrogen-bond donors (Lipinski definition) is 1. The topological polar surface area (TPSA) is 64.2 Å². The average Bonchev–Trinajstić information content (AvgIpc) is 3.09. The molecule has 0 saturated carbocycles. The summed E-state index contributed by atoms with van der Waals surface area (Å²) >= 11 is 3.09. The molecule has 5 nitrogen and oxygen atoms in total. The molecule has 1 N–H and O–H groups in total. The van der Waals surface area contributed by atoms with E-state index in [0.717, 1.165) is 0 Å². The number of aromatic nitrogens is 2.